The summed E-state index contributed by atoms with van der Waals surface area (Å²) in [4.78, 5) is 4.46. The van der Waals surface area contributed by atoms with Gasteiger partial charge in [-0.1, -0.05) is 13.8 Å². The molecule has 1 aliphatic rings. The zero-order chi connectivity index (χ0) is 12.2. The quantitative estimate of drug-likeness (QED) is 0.583. The monoisotopic (exact) mass is 227 g/mol. The van der Waals surface area contributed by atoms with E-state index in [1.165, 1.54) is 0 Å². The van der Waals surface area contributed by atoms with Gasteiger partial charge in [0.05, 0.1) is 0 Å². The maximum atomic E-state index is 8.34. The zero-order valence-electron chi connectivity index (χ0n) is 11.0. The maximum Gasteiger partial charge on any atom is 0.129 e. The minimum absolute atomic E-state index is 0.379. The van der Waals surface area contributed by atoms with Crippen LogP contribution in [0.2, 0.25) is 0 Å². The molecule has 4 nitrogen and oxygen atoms in total. The summed E-state index contributed by atoms with van der Waals surface area (Å²) in [5.41, 5.74) is -0.379. The van der Waals surface area contributed by atoms with Crippen molar-refractivity contribution in [2.24, 2.45) is 0 Å². The Morgan fingerprint density at radius 3 is 2.06 bits per heavy atom. The van der Waals surface area contributed by atoms with Gasteiger partial charge in [0.25, 0.3) is 0 Å². The standard InChI is InChI=1S/C12H25N3O/c1-5-12(6-2,16-4)11(13)15-9-7-14(3)8-10-15/h13H,5-10H2,1-4H3. The van der Waals surface area contributed by atoms with Gasteiger partial charge < -0.3 is 14.5 Å². The fourth-order valence-corrected chi connectivity index (χ4v) is 2.29. The summed E-state index contributed by atoms with van der Waals surface area (Å²) in [6.45, 7) is 8.15. The van der Waals surface area contributed by atoms with Gasteiger partial charge in [-0.2, -0.15) is 0 Å². The molecule has 0 radical (unpaired) electrons. The summed E-state index contributed by atoms with van der Waals surface area (Å²) in [5.74, 6) is 0.660. The number of nitrogens with zero attached hydrogens (tertiary/aromatic N) is 2. The van der Waals surface area contributed by atoms with Gasteiger partial charge in [-0.25, -0.2) is 0 Å². The smallest absolute Gasteiger partial charge is 0.129 e. The lowest BCUT2D eigenvalue weighted by atomic mass is 9.94. The second-order valence-corrected chi connectivity index (χ2v) is 4.54. The van der Waals surface area contributed by atoms with Crippen LogP contribution in [0.5, 0.6) is 0 Å². The van der Waals surface area contributed by atoms with Crippen LogP contribution >= 0.6 is 0 Å². The van der Waals surface area contributed by atoms with Crippen LogP contribution in [0.4, 0.5) is 0 Å². The summed E-state index contributed by atoms with van der Waals surface area (Å²) in [5, 5.41) is 8.34. The van der Waals surface area contributed by atoms with Crippen molar-refractivity contribution in [3.63, 3.8) is 0 Å². The molecule has 0 aromatic rings. The summed E-state index contributed by atoms with van der Waals surface area (Å²) in [7, 11) is 3.85. The molecule has 16 heavy (non-hydrogen) atoms. The van der Waals surface area contributed by atoms with Crippen molar-refractivity contribution in [1.82, 2.24) is 9.80 Å². The fourth-order valence-electron chi connectivity index (χ4n) is 2.29. The largest absolute Gasteiger partial charge is 0.370 e. The Morgan fingerprint density at radius 2 is 1.69 bits per heavy atom. The minimum Gasteiger partial charge on any atom is -0.370 e. The molecule has 0 unspecified atom stereocenters. The molecule has 1 fully saturated rings. The molecule has 0 saturated carbocycles. The van der Waals surface area contributed by atoms with Crippen LogP contribution in [0.15, 0.2) is 0 Å². The number of amidine groups is 1. The molecule has 1 rings (SSSR count). The van der Waals surface area contributed by atoms with Crippen molar-refractivity contribution in [1.29, 1.82) is 5.41 Å². The normalized spacial score (nSPS) is 18.9. The topological polar surface area (TPSA) is 39.6 Å². The van der Waals surface area contributed by atoms with Crippen molar-refractivity contribution < 1.29 is 4.74 Å². The SMILES string of the molecule is CCC(CC)(OC)C(=N)N1CCN(C)CC1. The van der Waals surface area contributed by atoms with Gasteiger partial charge in [0.2, 0.25) is 0 Å². The van der Waals surface area contributed by atoms with E-state index >= 15 is 0 Å². The molecule has 0 aliphatic carbocycles. The number of nitrogens with one attached hydrogen (secondary N) is 1. The Bertz CT molecular complexity index is 222. The van der Waals surface area contributed by atoms with Crippen molar-refractivity contribution >= 4 is 5.84 Å². The van der Waals surface area contributed by atoms with E-state index in [1.54, 1.807) is 7.11 Å². The number of ether oxygens (including phenoxy) is 1. The van der Waals surface area contributed by atoms with E-state index in [-0.39, 0.29) is 5.60 Å². The van der Waals surface area contributed by atoms with E-state index in [1.807, 2.05) is 0 Å². The van der Waals surface area contributed by atoms with E-state index in [9.17, 15) is 0 Å². The Morgan fingerprint density at radius 1 is 1.19 bits per heavy atom. The molecule has 0 spiro atoms. The first-order valence-electron chi connectivity index (χ1n) is 6.17. The lowest BCUT2D eigenvalue weighted by Gasteiger charge is -2.41. The van der Waals surface area contributed by atoms with E-state index in [2.05, 4.69) is 30.7 Å². The summed E-state index contributed by atoms with van der Waals surface area (Å²) >= 11 is 0. The molecule has 0 bridgehead atoms. The van der Waals surface area contributed by atoms with E-state index in [0.29, 0.717) is 5.84 Å². The van der Waals surface area contributed by atoms with Gasteiger partial charge in [0.1, 0.15) is 11.4 Å². The molecule has 0 aromatic carbocycles. The third-order valence-corrected chi connectivity index (χ3v) is 3.78. The van der Waals surface area contributed by atoms with Gasteiger partial charge >= 0.3 is 0 Å². The summed E-state index contributed by atoms with van der Waals surface area (Å²) in [6.07, 6.45) is 1.73. The van der Waals surface area contributed by atoms with Gasteiger partial charge in [-0.05, 0) is 19.9 Å². The van der Waals surface area contributed by atoms with Gasteiger partial charge in [0.15, 0.2) is 0 Å². The Labute approximate surface area is 99.1 Å². The summed E-state index contributed by atoms with van der Waals surface area (Å²) < 4.78 is 5.60. The summed E-state index contributed by atoms with van der Waals surface area (Å²) in [6, 6.07) is 0. The van der Waals surface area contributed by atoms with Crippen LogP contribution in [-0.2, 0) is 4.74 Å². The molecule has 0 atom stereocenters. The van der Waals surface area contributed by atoms with Crippen LogP contribution < -0.4 is 0 Å². The van der Waals surface area contributed by atoms with E-state index in [0.717, 1.165) is 39.0 Å². The van der Waals surface area contributed by atoms with Crippen LogP contribution in [0.1, 0.15) is 26.7 Å². The number of piperazine rings is 1. The van der Waals surface area contributed by atoms with E-state index in [4.69, 9.17) is 10.1 Å². The van der Waals surface area contributed by atoms with E-state index < -0.39 is 0 Å². The predicted molar refractivity (Wildman–Crippen MR) is 67.1 cm³/mol. The molecular formula is C12H25N3O. The van der Waals surface area contributed by atoms with Crippen molar-refractivity contribution in [2.75, 3.05) is 40.3 Å². The minimum atomic E-state index is -0.379. The Hall–Kier alpha value is -0.610. The molecule has 0 amide bonds. The lowest BCUT2D eigenvalue weighted by molar-refractivity contribution is 0.0283. The highest BCUT2D eigenvalue weighted by molar-refractivity contribution is 5.88. The van der Waals surface area contributed by atoms with Crippen LogP contribution in [0.3, 0.4) is 0 Å². The third-order valence-electron chi connectivity index (χ3n) is 3.78. The Kier molecular flexibility index (Phi) is 4.74. The first-order valence-corrected chi connectivity index (χ1v) is 6.17. The first-order chi connectivity index (χ1) is 7.59. The van der Waals surface area contributed by atoms with Crippen molar-refractivity contribution in [3.05, 3.63) is 0 Å². The highest BCUT2D eigenvalue weighted by Gasteiger charge is 2.35. The lowest BCUT2D eigenvalue weighted by Crippen LogP contribution is -2.55. The molecule has 1 aliphatic heterocycles. The molecule has 0 aromatic heterocycles. The second kappa shape index (κ2) is 5.64. The first kappa shape index (κ1) is 13.5. The molecule has 1 heterocycles. The molecule has 94 valence electrons. The van der Waals surface area contributed by atoms with Gasteiger partial charge in [0, 0.05) is 33.3 Å². The van der Waals surface area contributed by atoms with Gasteiger partial charge in [-0.3, -0.25) is 5.41 Å². The highest BCUT2D eigenvalue weighted by Crippen LogP contribution is 2.23. The van der Waals surface area contributed by atoms with Crippen LogP contribution in [0, 0.1) is 5.41 Å². The second-order valence-electron chi connectivity index (χ2n) is 4.54. The average Bonchev–Trinajstić information content (AvgIpc) is 2.33. The van der Waals surface area contributed by atoms with Crippen LogP contribution in [-0.4, -0.2) is 61.6 Å². The number of rotatable bonds is 4. The Balaban J connectivity index is 2.68. The number of likely N-dealkylation sites (N-methyl/N-ethyl adjacent to an activating group) is 1. The zero-order valence-corrected chi connectivity index (χ0v) is 11.0. The van der Waals surface area contributed by atoms with Crippen LogP contribution in [0.25, 0.3) is 0 Å². The van der Waals surface area contributed by atoms with Gasteiger partial charge in [-0.15, -0.1) is 0 Å². The average molecular weight is 227 g/mol. The third kappa shape index (κ3) is 2.55. The van der Waals surface area contributed by atoms with Crippen molar-refractivity contribution in [2.45, 2.75) is 32.3 Å². The van der Waals surface area contributed by atoms with Crippen molar-refractivity contribution in [3.8, 4) is 0 Å². The highest BCUT2D eigenvalue weighted by atomic mass is 16.5. The number of methoxy groups -OCH3 is 1. The fraction of sp³-hybridized carbons (Fsp3) is 0.917. The molecule has 4 heteroatoms. The maximum absolute atomic E-state index is 8.34. The molecule has 1 N–H and O–H groups in total. The predicted octanol–water partition coefficient (Wildman–Crippen LogP) is 1.42. The molecule has 1 saturated heterocycles. The number of hydrogen-bond acceptors (Lipinski definition) is 3. The molecular weight excluding hydrogens is 202 g/mol. The number of hydrogen-bond donors (Lipinski definition) is 1.